The molecule has 0 aromatic heterocycles. The molecule has 0 saturated heterocycles. The van der Waals surface area contributed by atoms with Gasteiger partial charge in [-0.05, 0) is 54.1 Å². The van der Waals surface area contributed by atoms with Gasteiger partial charge in [0.1, 0.15) is 0 Å². The molecule has 10 heteroatoms. The summed E-state index contributed by atoms with van der Waals surface area (Å²) >= 11 is 21.8. The number of rotatable bonds is 7. The lowest BCUT2D eigenvalue weighted by atomic mass is 10.2. The number of hydrogen-bond acceptors (Lipinski definition) is 4. The smallest absolute Gasteiger partial charge is 0.271 e. The Morgan fingerprint density at radius 2 is 1.62 bits per heavy atom. The van der Waals surface area contributed by atoms with E-state index >= 15 is 0 Å². The molecule has 3 aromatic carbocycles. The molecule has 6 nitrogen and oxygen atoms in total. The van der Waals surface area contributed by atoms with Crippen molar-refractivity contribution < 1.29 is 14.3 Å². The third kappa shape index (κ3) is 6.71. The molecule has 0 spiro atoms. The maximum Gasteiger partial charge on any atom is 0.271 e. The van der Waals surface area contributed by atoms with Crippen molar-refractivity contribution in [3.63, 3.8) is 0 Å². The van der Waals surface area contributed by atoms with Crippen LogP contribution >= 0.6 is 50.7 Å². The first kappa shape index (κ1) is 24.1. The SMILES string of the molecule is O=C(COc1c(Cl)cc(/C=N/NC(=O)c2ccc(Br)cc2)cc1Cl)Nc1ccccc1Cl. The van der Waals surface area contributed by atoms with Crippen LogP contribution in [0.15, 0.2) is 70.2 Å². The van der Waals surface area contributed by atoms with E-state index in [2.05, 4.69) is 31.8 Å². The largest absolute Gasteiger partial charge is 0.481 e. The van der Waals surface area contributed by atoms with E-state index in [4.69, 9.17) is 39.5 Å². The van der Waals surface area contributed by atoms with Crippen molar-refractivity contribution in [3.05, 3.63) is 91.3 Å². The number of anilines is 1. The molecule has 0 bridgehead atoms. The van der Waals surface area contributed by atoms with Gasteiger partial charge in [-0.15, -0.1) is 0 Å². The maximum absolute atomic E-state index is 12.1. The minimum atomic E-state index is -0.425. The van der Waals surface area contributed by atoms with Gasteiger partial charge in [0.05, 0.1) is 27.0 Å². The van der Waals surface area contributed by atoms with Crippen molar-refractivity contribution in [2.24, 2.45) is 5.10 Å². The molecule has 2 N–H and O–H groups in total. The van der Waals surface area contributed by atoms with Crippen LogP contribution in [0.5, 0.6) is 5.75 Å². The highest BCUT2D eigenvalue weighted by atomic mass is 79.9. The van der Waals surface area contributed by atoms with Crippen LogP contribution in [0.2, 0.25) is 15.1 Å². The van der Waals surface area contributed by atoms with Crippen LogP contribution < -0.4 is 15.5 Å². The van der Waals surface area contributed by atoms with Gasteiger partial charge in [0, 0.05) is 10.0 Å². The molecule has 0 heterocycles. The number of benzene rings is 3. The van der Waals surface area contributed by atoms with E-state index in [1.807, 2.05) is 0 Å². The zero-order valence-electron chi connectivity index (χ0n) is 16.2. The minimum Gasteiger partial charge on any atom is -0.481 e. The molecule has 164 valence electrons. The summed E-state index contributed by atoms with van der Waals surface area (Å²) in [5.41, 5.74) is 3.88. The van der Waals surface area contributed by atoms with Gasteiger partial charge in [-0.2, -0.15) is 5.10 Å². The van der Waals surface area contributed by atoms with Crippen LogP contribution in [0.25, 0.3) is 0 Å². The molecule has 3 rings (SSSR count). The Kier molecular flexibility index (Phi) is 8.53. The van der Waals surface area contributed by atoms with E-state index in [1.165, 1.54) is 6.21 Å². The average molecular weight is 556 g/mol. The fourth-order valence-electron chi connectivity index (χ4n) is 2.51. The Bertz CT molecular complexity index is 1150. The molecular weight excluding hydrogens is 541 g/mol. The lowest BCUT2D eigenvalue weighted by molar-refractivity contribution is -0.118. The molecule has 0 fully saturated rings. The molecule has 0 atom stereocenters. The third-order valence-electron chi connectivity index (χ3n) is 4.00. The normalized spacial score (nSPS) is 10.8. The predicted molar refractivity (Wildman–Crippen MR) is 131 cm³/mol. The first-order chi connectivity index (χ1) is 15.3. The Hall–Kier alpha value is -2.58. The Balaban J connectivity index is 1.59. The van der Waals surface area contributed by atoms with Crippen LogP contribution in [-0.4, -0.2) is 24.6 Å². The van der Waals surface area contributed by atoms with E-state index in [9.17, 15) is 9.59 Å². The number of amides is 2. The molecule has 32 heavy (non-hydrogen) atoms. The third-order valence-corrected chi connectivity index (χ3v) is 5.42. The first-order valence-electron chi connectivity index (χ1n) is 9.08. The van der Waals surface area contributed by atoms with E-state index in [-0.39, 0.29) is 28.3 Å². The highest BCUT2D eigenvalue weighted by Crippen LogP contribution is 2.34. The zero-order valence-corrected chi connectivity index (χ0v) is 20.1. The number of carbonyl (C=O) groups is 2. The first-order valence-corrected chi connectivity index (χ1v) is 11.0. The predicted octanol–water partition coefficient (Wildman–Crippen LogP) is 6.19. The Morgan fingerprint density at radius 3 is 2.28 bits per heavy atom. The number of para-hydroxylation sites is 1. The zero-order chi connectivity index (χ0) is 23.1. The molecule has 2 amide bonds. The Labute approximate surface area is 207 Å². The fourth-order valence-corrected chi connectivity index (χ4v) is 3.57. The van der Waals surface area contributed by atoms with E-state index in [1.54, 1.807) is 60.7 Å². The lowest BCUT2D eigenvalue weighted by Crippen LogP contribution is -2.20. The van der Waals surface area contributed by atoms with Gasteiger partial charge >= 0.3 is 0 Å². The standard InChI is InChI=1S/C22H15BrCl3N3O3/c23-15-7-5-14(6-8-15)22(31)29-27-11-13-9-17(25)21(18(26)10-13)32-12-20(30)28-19-4-2-1-3-16(19)24/h1-11H,12H2,(H,28,30)(H,29,31)/b27-11+. The van der Waals surface area contributed by atoms with Crippen molar-refractivity contribution >= 4 is 74.4 Å². The van der Waals surface area contributed by atoms with Gasteiger partial charge in [-0.1, -0.05) is 62.9 Å². The second-order valence-electron chi connectivity index (χ2n) is 6.34. The second kappa shape index (κ2) is 11.3. The van der Waals surface area contributed by atoms with Gasteiger partial charge < -0.3 is 10.1 Å². The lowest BCUT2D eigenvalue weighted by Gasteiger charge is -2.11. The van der Waals surface area contributed by atoms with Crippen molar-refractivity contribution in [3.8, 4) is 5.75 Å². The van der Waals surface area contributed by atoms with Crippen LogP contribution in [0.1, 0.15) is 15.9 Å². The summed E-state index contributed by atoms with van der Waals surface area (Å²) in [4.78, 5) is 24.2. The van der Waals surface area contributed by atoms with Gasteiger partial charge in [-0.3, -0.25) is 9.59 Å². The summed E-state index contributed by atoms with van der Waals surface area (Å²) in [6.45, 7) is -0.318. The summed E-state index contributed by atoms with van der Waals surface area (Å²) in [5, 5.41) is 7.33. The van der Waals surface area contributed by atoms with Crippen molar-refractivity contribution in [2.45, 2.75) is 0 Å². The summed E-state index contributed by atoms with van der Waals surface area (Å²) in [6.07, 6.45) is 1.39. The van der Waals surface area contributed by atoms with Gasteiger partial charge in [0.25, 0.3) is 11.8 Å². The summed E-state index contributed by atoms with van der Waals surface area (Å²) in [7, 11) is 0. The van der Waals surface area contributed by atoms with Crippen molar-refractivity contribution in [1.82, 2.24) is 5.43 Å². The van der Waals surface area contributed by atoms with E-state index < -0.39 is 5.91 Å². The number of ether oxygens (including phenoxy) is 1. The number of nitrogens with zero attached hydrogens (tertiary/aromatic N) is 1. The Morgan fingerprint density at radius 1 is 0.969 bits per heavy atom. The number of hydrogen-bond donors (Lipinski definition) is 2. The second-order valence-corrected chi connectivity index (χ2v) is 8.47. The average Bonchev–Trinajstić information content (AvgIpc) is 2.75. The van der Waals surface area contributed by atoms with Crippen LogP contribution in [0, 0.1) is 0 Å². The van der Waals surface area contributed by atoms with Crippen LogP contribution in [0.3, 0.4) is 0 Å². The van der Waals surface area contributed by atoms with Gasteiger partial charge in [-0.25, -0.2) is 5.43 Å². The molecule has 0 aliphatic heterocycles. The molecule has 3 aromatic rings. The summed E-state index contributed by atoms with van der Waals surface area (Å²) in [5.74, 6) is -0.638. The van der Waals surface area contributed by atoms with E-state index in [0.29, 0.717) is 21.8 Å². The van der Waals surface area contributed by atoms with Gasteiger partial charge in [0.15, 0.2) is 12.4 Å². The number of hydrazone groups is 1. The quantitative estimate of drug-likeness (QED) is 0.270. The number of carbonyl (C=O) groups excluding carboxylic acids is 2. The fraction of sp³-hybridized carbons (Fsp3) is 0.0455. The van der Waals surface area contributed by atoms with E-state index in [0.717, 1.165) is 4.47 Å². The van der Waals surface area contributed by atoms with Crippen LogP contribution in [-0.2, 0) is 4.79 Å². The van der Waals surface area contributed by atoms with Gasteiger partial charge in [0.2, 0.25) is 0 Å². The topological polar surface area (TPSA) is 79.8 Å². The highest BCUT2D eigenvalue weighted by Gasteiger charge is 2.13. The summed E-state index contributed by atoms with van der Waals surface area (Å²) in [6, 6.07) is 16.8. The molecule has 0 radical (unpaired) electrons. The van der Waals surface area contributed by atoms with Crippen molar-refractivity contribution in [2.75, 3.05) is 11.9 Å². The highest BCUT2D eigenvalue weighted by molar-refractivity contribution is 9.10. The number of halogens is 4. The minimum absolute atomic E-state index is 0.152. The molecule has 0 aliphatic rings. The molecule has 0 aliphatic carbocycles. The summed E-state index contributed by atoms with van der Waals surface area (Å²) < 4.78 is 6.34. The molecular formula is C22H15BrCl3N3O3. The number of nitrogens with one attached hydrogen (secondary N) is 2. The van der Waals surface area contributed by atoms with Crippen LogP contribution in [0.4, 0.5) is 5.69 Å². The molecule has 0 unspecified atom stereocenters. The van der Waals surface area contributed by atoms with Crippen molar-refractivity contribution in [1.29, 1.82) is 0 Å². The maximum atomic E-state index is 12.1. The monoisotopic (exact) mass is 553 g/mol. The molecule has 0 saturated carbocycles.